The van der Waals surface area contributed by atoms with Crippen LogP contribution >= 0.6 is 0 Å². The van der Waals surface area contributed by atoms with Gasteiger partial charge in [0.15, 0.2) is 5.69 Å². The fourth-order valence-electron chi connectivity index (χ4n) is 3.70. The number of carbonyl (C=O) groups is 1. The quantitative estimate of drug-likeness (QED) is 0.923. The zero-order valence-corrected chi connectivity index (χ0v) is 14.2. The SMILES string of the molecule is CC1(C)CO[C@H](c2ccccc2)CN1C(=O)c1n[nH]c2c1CCC2. The zero-order chi connectivity index (χ0) is 16.7. The number of nitrogens with one attached hydrogen (secondary N) is 1. The first-order chi connectivity index (χ1) is 11.6. The molecule has 1 atom stereocenters. The molecule has 2 aromatic rings. The van der Waals surface area contributed by atoms with Crippen LogP contribution in [0.25, 0.3) is 0 Å². The standard InChI is InChI=1S/C19H23N3O2/c1-19(2)12-24-16(13-7-4-3-5-8-13)11-22(19)18(23)17-14-9-6-10-15(14)20-21-17/h3-5,7-8,16H,6,9-12H2,1-2H3,(H,20,21)/t16-/m0/s1. The van der Waals surface area contributed by atoms with E-state index in [0.29, 0.717) is 18.8 Å². The monoisotopic (exact) mass is 325 g/mol. The van der Waals surface area contributed by atoms with Crippen molar-refractivity contribution in [3.8, 4) is 0 Å². The molecule has 1 aliphatic heterocycles. The first-order valence-electron chi connectivity index (χ1n) is 8.61. The Hall–Kier alpha value is -2.14. The maximum atomic E-state index is 13.2. The Balaban J connectivity index is 1.62. The van der Waals surface area contributed by atoms with Gasteiger partial charge in [0.2, 0.25) is 0 Å². The summed E-state index contributed by atoms with van der Waals surface area (Å²) in [5.41, 5.74) is 3.61. The second kappa shape index (κ2) is 5.74. The summed E-state index contributed by atoms with van der Waals surface area (Å²) in [7, 11) is 0. The number of hydrogen-bond acceptors (Lipinski definition) is 3. The van der Waals surface area contributed by atoms with Crippen molar-refractivity contribution in [2.75, 3.05) is 13.2 Å². The molecule has 0 bridgehead atoms. The number of aromatic nitrogens is 2. The molecule has 1 aromatic heterocycles. The van der Waals surface area contributed by atoms with E-state index in [1.165, 1.54) is 0 Å². The van der Waals surface area contributed by atoms with Gasteiger partial charge in [-0.1, -0.05) is 30.3 Å². The molecule has 1 aliphatic carbocycles. The fraction of sp³-hybridized carbons (Fsp3) is 0.474. The summed E-state index contributed by atoms with van der Waals surface area (Å²) < 4.78 is 6.05. The van der Waals surface area contributed by atoms with Gasteiger partial charge in [0, 0.05) is 11.3 Å². The number of morpholine rings is 1. The minimum absolute atomic E-state index is 0.0173. The van der Waals surface area contributed by atoms with E-state index in [1.807, 2.05) is 23.1 Å². The normalized spacial score (nSPS) is 22.4. The van der Waals surface area contributed by atoms with Crippen LogP contribution < -0.4 is 0 Å². The lowest BCUT2D eigenvalue weighted by atomic mass is 9.97. The van der Waals surface area contributed by atoms with Gasteiger partial charge in [0.05, 0.1) is 18.7 Å². The third kappa shape index (κ3) is 2.53. The number of nitrogens with zero attached hydrogens (tertiary/aromatic N) is 2. The van der Waals surface area contributed by atoms with Crippen LogP contribution in [0.15, 0.2) is 30.3 Å². The zero-order valence-electron chi connectivity index (χ0n) is 14.2. The van der Waals surface area contributed by atoms with Crippen LogP contribution in [0.5, 0.6) is 0 Å². The van der Waals surface area contributed by atoms with Crippen LogP contribution in [-0.4, -0.2) is 39.7 Å². The summed E-state index contributed by atoms with van der Waals surface area (Å²) in [5, 5.41) is 7.37. The number of ether oxygens (including phenoxy) is 1. The number of benzene rings is 1. The Morgan fingerprint density at radius 3 is 2.88 bits per heavy atom. The van der Waals surface area contributed by atoms with Crippen molar-refractivity contribution in [1.29, 1.82) is 0 Å². The first kappa shape index (κ1) is 15.4. The van der Waals surface area contributed by atoms with Crippen molar-refractivity contribution >= 4 is 5.91 Å². The molecule has 1 N–H and O–H groups in total. The summed E-state index contributed by atoms with van der Waals surface area (Å²) in [6.45, 7) is 5.18. The van der Waals surface area contributed by atoms with Gasteiger partial charge in [0.1, 0.15) is 6.10 Å². The van der Waals surface area contributed by atoms with Gasteiger partial charge in [0.25, 0.3) is 5.91 Å². The van der Waals surface area contributed by atoms with Crippen molar-refractivity contribution in [2.45, 2.75) is 44.8 Å². The van der Waals surface area contributed by atoms with Crippen LogP contribution in [0.3, 0.4) is 0 Å². The third-order valence-corrected chi connectivity index (χ3v) is 5.14. The molecular formula is C19H23N3O2. The van der Waals surface area contributed by atoms with Crippen LogP contribution in [0.2, 0.25) is 0 Å². The average Bonchev–Trinajstić information content (AvgIpc) is 3.18. The number of aryl methyl sites for hydroxylation is 1. The number of rotatable bonds is 2. The number of fused-ring (bicyclic) bond motifs is 1. The van der Waals surface area contributed by atoms with Crippen molar-refractivity contribution in [3.63, 3.8) is 0 Å². The predicted octanol–water partition coefficient (Wildman–Crippen LogP) is 2.89. The van der Waals surface area contributed by atoms with Crippen LogP contribution in [-0.2, 0) is 17.6 Å². The Morgan fingerprint density at radius 1 is 1.29 bits per heavy atom. The Labute approximate surface area is 142 Å². The van der Waals surface area contributed by atoms with Gasteiger partial charge in [-0.05, 0) is 38.7 Å². The molecule has 2 aliphatic rings. The summed E-state index contributed by atoms with van der Waals surface area (Å²) in [6.07, 6.45) is 2.95. The molecule has 1 fully saturated rings. The van der Waals surface area contributed by atoms with E-state index in [9.17, 15) is 4.79 Å². The minimum atomic E-state index is -0.340. The summed E-state index contributed by atoms with van der Waals surface area (Å²) in [6, 6.07) is 10.1. The van der Waals surface area contributed by atoms with E-state index < -0.39 is 0 Å². The summed E-state index contributed by atoms with van der Waals surface area (Å²) >= 11 is 0. The highest BCUT2D eigenvalue weighted by molar-refractivity contribution is 5.94. The molecule has 2 heterocycles. The molecule has 1 saturated heterocycles. The van der Waals surface area contributed by atoms with Crippen LogP contribution in [0.1, 0.15) is 53.7 Å². The largest absolute Gasteiger partial charge is 0.369 e. The van der Waals surface area contributed by atoms with E-state index in [1.54, 1.807) is 0 Å². The second-order valence-corrected chi connectivity index (χ2v) is 7.32. The number of H-pyrrole nitrogens is 1. The van der Waals surface area contributed by atoms with Gasteiger partial charge in [-0.2, -0.15) is 5.10 Å². The third-order valence-electron chi connectivity index (χ3n) is 5.14. The molecule has 0 spiro atoms. The maximum Gasteiger partial charge on any atom is 0.275 e. The molecule has 0 radical (unpaired) electrons. The lowest BCUT2D eigenvalue weighted by molar-refractivity contribution is -0.0848. The number of carbonyl (C=O) groups excluding carboxylic acids is 1. The van der Waals surface area contributed by atoms with Crippen molar-refractivity contribution in [2.24, 2.45) is 0 Å². The molecule has 0 saturated carbocycles. The average molecular weight is 325 g/mol. The summed E-state index contributed by atoms with van der Waals surface area (Å²) in [4.78, 5) is 15.1. The fourth-order valence-corrected chi connectivity index (χ4v) is 3.70. The molecular weight excluding hydrogens is 302 g/mol. The topological polar surface area (TPSA) is 58.2 Å². The first-order valence-corrected chi connectivity index (χ1v) is 8.61. The molecule has 0 unspecified atom stereocenters. The smallest absolute Gasteiger partial charge is 0.275 e. The number of amides is 1. The Bertz CT molecular complexity index is 751. The molecule has 24 heavy (non-hydrogen) atoms. The van der Waals surface area contributed by atoms with Gasteiger partial charge in [-0.15, -0.1) is 0 Å². The molecule has 1 amide bonds. The van der Waals surface area contributed by atoms with Crippen LogP contribution in [0, 0.1) is 0 Å². The number of hydrogen-bond donors (Lipinski definition) is 1. The van der Waals surface area contributed by atoms with Gasteiger partial charge >= 0.3 is 0 Å². The minimum Gasteiger partial charge on any atom is -0.369 e. The lowest BCUT2D eigenvalue weighted by Crippen LogP contribution is -2.56. The van der Waals surface area contributed by atoms with E-state index in [2.05, 4.69) is 36.2 Å². The number of aromatic amines is 1. The highest BCUT2D eigenvalue weighted by Crippen LogP contribution is 2.33. The van der Waals surface area contributed by atoms with E-state index >= 15 is 0 Å². The predicted molar refractivity (Wildman–Crippen MR) is 90.9 cm³/mol. The maximum absolute atomic E-state index is 13.2. The van der Waals surface area contributed by atoms with Crippen molar-refractivity contribution in [1.82, 2.24) is 15.1 Å². The van der Waals surface area contributed by atoms with E-state index in [-0.39, 0.29) is 17.6 Å². The Kier molecular flexibility index (Phi) is 3.68. The molecule has 4 rings (SSSR count). The van der Waals surface area contributed by atoms with E-state index in [4.69, 9.17) is 4.74 Å². The van der Waals surface area contributed by atoms with Crippen LogP contribution in [0.4, 0.5) is 0 Å². The molecule has 126 valence electrons. The van der Waals surface area contributed by atoms with Gasteiger partial charge < -0.3 is 9.64 Å². The highest BCUT2D eigenvalue weighted by atomic mass is 16.5. The van der Waals surface area contributed by atoms with Gasteiger partial charge in [-0.3, -0.25) is 9.89 Å². The molecule has 1 aromatic carbocycles. The van der Waals surface area contributed by atoms with Crippen molar-refractivity contribution < 1.29 is 9.53 Å². The lowest BCUT2D eigenvalue weighted by Gasteiger charge is -2.45. The van der Waals surface area contributed by atoms with Gasteiger partial charge in [-0.25, -0.2) is 0 Å². The second-order valence-electron chi connectivity index (χ2n) is 7.32. The molecule has 5 nitrogen and oxygen atoms in total. The molecule has 5 heteroatoms. The van der Waals surface area contributed by atoms with E-state index in [0.717, 1.165) is 36.1 Å². The highest BCUT2D eigenvalue weighted by Gasteiger charge is 2.40. The summed E-state index contributed by atoms with van der Waals surface area (Å²) in [5.74, 6) is 0.0173. The van der Waals surface area contributed by atoms with Crippen molar-refractivity contribution in [3.05, 3.63) is 52.8 Å². The Morgan fingerprint density at radius 2 is 2.08 bits per heavy atom.